The number of benzene rings is 1. The molecule has 1 aliphatic carbocycles. The van der Waals surface area contributed by atoms with Crippen LogP contribution >= 0.6 is 0 Å². The van der Waals surface area contributed by atoms with Crippen LogP contribution in [-0.4, -0.2) is 29.9 Å². The lowest BCUT2D eigenvalue weighted by Gasteiger charge is -2.30. The van der Waals surface area contributed by atoms with E-state index in [9.17, 15) is 9.59 Å². The van der Waals surface area contributed by atoms with E-state index in [-0.39, 0.29) is 30.4 Å². The van der Waals surface area contributed by atoms with Crippen LogP contribution in [0.25, 0.3) is 0 Å². The molecule has 2 aliphatic rings. The van der Waals surface area contributed by atoms with Crippen molar-refractivity contribution in [1.29, 1.82) is 0 Å². The smallest absolute Gasteiger partial charge is 0.410 e. The Morgan fingerprint density at radius 3 is 2.58 bits per heavy atom. The van der Waals surface area contributed by atoms with E-state index in [1.807, 2.05) is 30.3 Å². The van der Waals surface area contributed by atoms with Crippen molar-refractivity contribution in [2.75, 3.05) is 13.1 Å². The molecule has 0 N–H and O–H groups in total. The number of nitrogens with zero attached hydrogens (tertiary/aromatic N) is 1. The molecule has 1 saturated carbocycles. The molecule has 1 aliphatic heterocycles. The van der Waals surface area contributed by atoms with Crippen LogP contribution in [0.15, 0.2) is 30.3 Å². The fraction of sp³-hybridized carbons (Fsp3) is 0.467. The van der Waals surface area contributed by atoms with Gasteiger partial charge in [-0.1, -0.05) is 30.3 Å². The SMILES string of the molecule is O=C(OCc1ccccc1)N1CCC2(CC2)C(=O)C1. The molecule has 0 unspecified atom stereocenters. The summed E-state index contributed by atoms with van der Waals surface area (Å²) in [6.07, 6.45) is 2.41. The summed E-state index contributed by atoms with van der Waals surface area (Å²) in [6, 6.07) is 9.56. The predicted molar refractivity (Wildman–Crippen MR) is 69.5 cm³/mol. The number of carbonyl (C=O) groups is 2. The first-order valence-electron chi connectivity index (χ1n) is 6.69. The van der Waals surface area contributed by atoms with Crippen LogP contribution in [0.4, 0.5) is 4.79 Å². The van der Waals surface area contributed by atoms with Crippen LogP contribution in [0.3, 0.4) is 0 Å². The largest absolute Gasteiger partial charge is 0.445 e. The van der Waals surface area contributed by atoms with Gasteiger partial charge in [-0.15, -0.1) is 0 Å². The van der Waals surface area contributed by atoms with Crippen LogP contribution in [0.1, 0.15) is 24.8 Å². The zero-order valence-electron chi connectivity index (χ0n) is 10.8. The highest BCUT2D eigenvalue weighted by Crippen LogP contribution is 2.51. The van der Waals surface area contributed by atoms with Gasteiger partial charge in [-0.3, -0.25) is 4.79 Å². The summed E-state index contributed by atoms with van der Waals surface area (Å²) in [7, 11) is 0. The van der Waals surface area contributed by atoms with Crippen molar-refractivity contribution in [3.8, 4) is 0 Å². The normalized spacial score (nSPS) is 20.4. The molecule has 100 valence electrons. The first-order valence-corrected chi connectivity index (χ1v) is 6.69. The molecule has 1 saturated heterocycles. The van der Waals surface area contributed by atoms with E-state index >= 15 is 0 Å². The van der Waals surface area contributed by atoms with Crippen molar-refractivity contribution in [1.82, 2.24) is 4.90 Å². The number of piperidine rings is 1. The number of Topliss-reactive ketones (excluding diaryl/α,β-unsaturated/α-hetero) is 1. The number of rotatable bonds is 2. The summed E-state index contributed by atoms with van der Waals surface area (Å²) in [5.41, 5.74) is 0.883. The highest BCUT2D eigenvalue weighted by atomic mass is 16.6. The topological polar surface area (TPSA) is 46.6 Å². The Morgan fingerprint density at radius 2 is 1.95 bits per heavy atom. The van der Waals surface area contributed by atoms with E-state index < -0.39 is 0 Å². The third-order valence-electron chi connectivity index (χ3n) is 4.10. The summed E-state index contributed by atoms with van der Waals surface area (Å²) in [4.78, 5) is 25.3. The fourth-order valence-electron chi connectivity index (χ4n) is 2.55. The molecule has 1 aromatic rings. The van der Waals surface area contributed by atoms with E-state index in [0.717, 1.165) is 24.8 Å². The number of ketones is 1. The zero-order valence-corrected chi connectivity index (χ0v) is 10.8. The van der Waals surface area contributed by atoms with Crippen LogP contribution in [0, 0.1) is 5.41 Å². The number of hydrogen-bond donors (Lipinski definition) is 0. The van der Waals surface area contributed by atoms with Gasteiger partial charge in [-0.05, 0) is 24.8 Å². The van der Waals surface area contributed by atoms with Gasteiger partial charge in [0, 0.05) is 12.0 Å². The molecular weight excluding hydrogens is 242 g/mol. The lowest BCUT2D eigenvalue weighted by atomic mass is 9.92. The molecule has 19 heavy (non-hydrogen) atoms. The van der Waals surface area contributed by atoms with Crippen molar-refractivity contribution in [2.24, 2.45) is 5.41 Å². The van der Waals surface area contributed by atoms with Gasteiger partial charge in [0.2, 0.25) is 0 Å². The van der Waals surface area contributed by atoms with Crippen molar-refractivity contribution < 1.29 is 14.3 Å². The summed E-state index contributed by atoms with van der Waals surface area (Å²) in [6.45, 7) is 1.11. The van der Waals surface area contributed by atoms with Crippen molar-refractivity contribution in [2.45, 2.75) is 25.9 Å². The first kappa shape index (κ1) is 12.2. The molecule has 3 rings (SSSR count). The molecule has 1 spiro atoms. The Balaban J connectivity index is 1.52. The van der Waals surface area contributed by atoms with E-state index in [2.05, 4.69) is 0 Å². The lowest BCUT2D eigenvalue weighted by molar-refractivity contribution is -0.127. The van der Waals surface area contributed by atoms with Gasteiger partial charge >= 0.3 is 6.09 Å². The van der Waals surface area contributed by atoms with Crippen molar-refractivity contribution in [3.63, 3.8) is 0 Å². The monoisotopic (exact) mass is 259 g/mol. The standard InChI is InChI=1S/C15H17NO3/c17-13-10-16(9-8-15(13)6-7-15)14(18)19-11-12-4-2-1-3-5-12/h1-5H,6-11H2. The Kier molecular flexibility index (Phi) is 3.01. The average molecular weight is 259 g/mol. The Morgan fingerprint density at radius 1 is 1.21 bits per heavy atom. The highest BCUT2D eigenvalue weighted by Gasteiger charge is 2.52. The second kappa shape index (κ2) is 4.68. The molecule has 0 aromatic heterocycles. The molecule has 4 heteroatoms. The van der Waals surface area contributed by atoms with Gasteiger partial charge in [0.1, 0.15) is 6.61 Å². The maximum atomic E-state index is 11.9. The predicted octanol–water partition coefficient (Wildman–Crippen LogP) is 2.38. The third kappa shape index (κ3) is 2.48. The molecule has 2 fully saturated rings. The van der Waals surface area contributed by atoms with E-state index in [1.54, 1.807) is 0 Å². The Bertz CT molecular complexity index is 493. The quantitative estimate of drug-likeness (QED) is 0.819. The molecular formula is C15H17NO3. The summed E-state index contributed by atoms with van der Waals surface area (Å²) in [5.74, 6) is 0.204. The maximum Gasteiger partial charge on any atom is 0.410 e. The Hall–Kier alpha value is -1.84. The summed E-state index contributed by atoms with van der Waals surface area (Å²) < 4.78 is 5.24. The van der Waals surface area contributed by atoms with Gasteiger partial charge in [0.25, 0.3) is 0 Å². The molecule has 0 atom stereocenters. The van der Waals surface area contributed by atoms with Gasteiger partial charge in [0.05, 0.1) is 6.54 Å². The molecule has 1 heterocycles. The van der Waals surface area contributed by atoms with Crippen LogP contribution in [0.2, 0.25) is 0 Å². The number of carbonyl (C=O) groups excluding carboxylic acids is 2. The van der Waals surface area contributed by atoms with Gasteiger partial charge in [-0.25, -0.2) is 4.79 Å². The minimum Gasteiger partial charge on any atom is -0.445 e. The van der Waals surface area contributed by atoms with Crippen LogP contribution in [0.5, 0.6) is 0 Å². The average Bonchev–Trinajstić information content (AvgIpc) is 3.21. The second-order valence-corrected chi connectivity index (χ2v) is 5.42. The lowest BCUT2D eigenvalue weighted by Crippen LogP contribution is -2.45. The fourth-order valence-corrected chi connectivity index (χ4v) is 2.55. The second-order valence-electron chi connectivity index (χ2n) is 5.42. The van der Waals surface area contributed by atoms with Crippen LogP contribution in [-0.2, 0) is 16.1 Å². The van der Waals surface area contributed by atoms with Crippen molar-refractivity contribution in [3.05, 3.63) is 35.9 Å². The number of ether oxygens (including phenoxy) is 1. The molecule has 1 amide bonds. The highest BCUT2D eigenvalue weighted by molar-refractivity contribution is 5.92. The maximum absolute atomic E-state index is 11.9. The number of hydrogen-bond acceptors (Lipinski definition) is 3. The first-order chi connectivity index (χ1) is 9.20. The van der Waals surface area contributed by atoms with E-state index in [1.165, 1.54) is 4.90 Å². The van der Waals surface area contributed by atoms with Gasteiger partial charge < -0.3 is 9.64 Å². The minimum absolute atomic E-state index is 0.0732. The Labute approximate surface area is 112 Å². The third-order valence-corrected chi connectivity index (χ3v) is 4.10. The molecule has 4 nitrogen and oxygen atoms in total. The van der Waals surface area contributed by atoms with Crippen molar-refractivity contribution >= 4 is 11.9 Å². The van der Waals surface area contributed by atoms with E-state index in [4.69, 9.17) is 4.74 Å². The zero-order chi connectivity index (χ0) is 13.3. The molecule has 0 radical (unpaired) electrons. The molecule has 0 bridgehead atoms. The number of amides is 1. The molecule has 1 aromatic carbocycles. The van der Waals surface area contributed by atoms with Gasteiger partial charge in [-0.2, -0.15) is 0 Å². The minimum atomic E-state index is -0.382. The van der Waals surface area contributed by atoms with Crippen LogP contribution < -0.4 is 0 Å². The van der Waals surface area contributed by atoms with E-state index in [0.29, 0.717) is 6.54 Å². The summed E-state index contributed by atoms with van der Waals surface area (Å²) >= 11 is 0. The van der Waals surface area contributed by atoms with Gasteiger partial charge in [0.15, 0.2) is 5.78 Å². The number of likely N-dealkylation sites (tertiary alicyclic amines) is 1. The summed E-state index contributed by atoms with van der Waals surface area (Å²) in [5, 5.41) is 0.